The van der Waals surface area contributed by atoms with Crippen molar-refractivity contribution in [2.45, 2.75) is 13.5 Å². The molecule has 0 spiro atoms. The molecule has 19 heavy (non-hydrogen) atoms. The third-order valence-corrected chi connectivity index (χ3v) is 2.80. The maximum atomic E-state index is 11.0. The average Bonchev–Trinajstić information content (AvgIpc) is 2.37. The highest BCUT2D eigenvalue weighted by molar-refractivity contribution is 6.33. The molecule has 2 aromatic heterocycles. The molecule has 0 saturated heterocycles. The molecule has 0 aliphatic rings. The first-order chi connectivity index (χ1) is 9.06. The summed E-state index contributed by atoms with van der Waals surface area (Å²) < 4.78 is 0. The third-order valence-electron chi connectivity index (χ3n) is 2.51. The predicted molar refractivity (Wildman–Crippen MR) is 74.1 cm³/mol. The highest BCUT2D eigenvalue weighted by atomic mass is 35.5. The highest BCUT2D eigenvalue weighted by Crippen LogP contribution is 2.20. The maximum absolute atomic E-state index is 11.0. The lowest BCUT2D eigenvalue weighted by Gasteiger charge is -2.08. The van der Waals surface area contributed by atoms with Crippen LogP contribution in [0.25, 0.3) is 0 Å². The zero-order valence-electron chi connectivity index (χ0n) is 10.4. The molecule has 0 saturated carbocycles. The standard InChI is InChI=1S/C13H13ClN4O/c1-8-3-2-4-10(18-8)7-17-13-11(14)5-9(6-16-13)12(15)19/h2-6H,7H2,1H3,(H2,15,19)(H,16,17). The van der Waals surface area contributed by atoms with Gasteiger partial charge in [0, 0.05) is 11.9 Å². The summed E-state index contributed by atoms with van der Waals surface area (Å²) in [4.78, 5) is 19.4. The molecule has 6 heteroatoms. The monoisotopic (exact) mass is 276 g/mol. The predicted octanol–water partition coefficient (Wildman–Crippen LogP) is 2.15. The van der Waals surface area contributed by atoms with Gasteiger partial charge in [-0.25, -0.2) is 4.98 Å². The number of nitrogens with one attached hydrogen (secondary N) is 1. The van der Waals surface area contributed by atoms with E-state index >= 15 is 0 Å². The van der Waals surface area contributed by atoms with Gasteiger partial charge in [0.1, 0.15) is 5.82 Å². The van der Waals surface area contributed by atoms with Crippen molar-refractivity contribution < 1.29 is 4.79 Å². The fourth-order valence-corrected chi connectivity index (χ4v) is 1.81. The fraction of sp³-hybridized carbons (Fsp3) is 0.154. The van der Waals surface area contributed by atoms with Crippen LogP contribution in [-0.2, 0) is 6.54 Å². The number of rotatable bonds is 4. The van der Waals surface area contributed by atoms with Crippen LogP contribution in [0.1, 0.15) is 21.7 Å². The number of pyridine rings is 2. The second kappa shape index (κ2) is 5.67. The number of aromatic nitrogens is 2. The molecule has 98 valence electrons. The van der Waals surface area contributed by atoms with Crippen molar-refractivity contribution in [3.63, 3.8) is 0 Å². The smallest absolute Gasteiger partial charge is 0.250 e. The van der Waals surface area contributed by atoms with Gasteiger partial charge in [-0.2, -0.15) is 0 Å². The molecule has 0 aromatic carbocycles. The minimum absolute atomic E-state index is 0.282. The topological polar surface area (TPSA) is 80.9 Å². The average molecular weight is 277 g/mol. The van der Waals surface area contributed by atoms with E-state index < -0.39 is 5.91 Å². The van der Waals surface area contributed by atoms with E-state index in [2.05, 4.69) is 15.3 Å². The number of primary amides is 1. The van der Waals surface area contributed by atoms with Crippen LogP contribution in [0.5, 0.6) is 0 Å². The first-order valence-corrected chi connectivity index (χ1v) is 6.06. The van der Waals surface area contributed by atoms with Gasteiger partial charge >= 0.3 is 0 Å². The van der Waals surface area contributed by atoms with Gasteiger partial charge in [0.25, 0.3) is 0 Å². The van der Waals surface area contributed by atoms with E-state index in [1.807, 2.05) is 25.1 Å². The molecule has 0 atom stereocenters. The van der Waals surface area contributed by atoms with Gasteiger partial charge in [-0.1, -0.05) is 17.7 Å². The van der Waals surface area contributed by atoms with Crippen LogP contribution in [0, 0.1) is 6.92 Å². The van der Waals surface area contributed by atoms with Crippen molar-refractivity contribution in [3.8, 4) is 0 Å². The lowest BCUT2D eigenvalue weighted by Crippen LogP contribution is -2.12. The number of carbonyl (C=O) groups excluding carboxylic acids is 1. The number of halogens is 1. The Hall–Kier alpha value is -2.14. The molecule has 0 fully saturated rings. The lowest BCUT2D eigenvalue weighted by molar-refractivity contribution is 0.1000. The van der Waals surface area contributed by atoms with Crippen molar-refractivity contribution >= 4 is 23.3 Å². The Kier molecular flexibility index (Phi) is 3.97. The number of hydrogen-bond acceptors (Lipinski definition) is 4. The van der Waals surface area contributed by atoms with Crippen molar-refractivity contribution in [1.29, 1.82) is 0 Å². The van der Waals surface area contributed by atoms with Crippen molar-refractivity contribution in [1.82, 2.24) is 9.97 Å². The van der Waals surface area contributed by atoms with E-state index in [0.717, 1.165) is 11.4 Å². The summed E-state index contributed by atoms with van der Waals surface area (Å²) in [5.74, 6) is -0.0590. The summed E-state index contributed by atoms with van der Waals surface area (Å²) in [5, 5.41) is 3.42. The Morgan fingerprint density at radius 3 is 2.89 bits per heavy atom. The number of aryl methyl sites for hydroxylation is 1. The molecular formula is C13H13ClN4O. The Bertz CT molecular complexity index is 615. The Labute approximate surface area is 115 Å². The number of amides is 1. The number of hydrogen-bond donors (Lipinski definition) is 2. The summed E-state index contributed by atoms with van der Waals surface area (Å²) in [6.45, 7) is 2.43. The second-order valence-electron chi connectivity index (χ2n) is 4.04. The Morgan fingerprint density at radius 1 is 1.47 bits per heavy atom. The summed E-state index contributed by atoms with van der Waals surface area (Å²) in [7, 11) is 0. The third kappa shape index (κ3) is 3.42. The number of carbonyl (C=O) groups is 1. The quantitative estimate of drug-likeness (QED) is 0.896. The van der Waals surface area contributed by atoms with E-state index in [0.29, 0.717) is 17.4 Å². The molecule has 1 amide bonds. The zero-order chi connectivity index (χ0) is 13.8. The molecular weight excluding hydrogens is 264 g/mol. The summed E-state index contributed by atoms with van der Waals surface area (Å²) in [5.41, 5.74) is 7.26. The SMILES string of the molecule is Cc1cccc(CNc2ncc(C(N)=O)cc2Cl)n1. The highest BCUT2D eigenvalue weighted by Gasteiger charge is 2.07. The zero-order valence-corrected chi connectivity index (χ0v) is 11.1. The van der Waals surface area contributed by atoms with Gasteiger partial charge in [-0.15, -0.1) is 0 Å². The van der Waals surface area contributed by atoms with Crippen molar-refractivity contribution in [2.24, 2.45) is 5.73 Å². The maximum Gasteiger partial charge on any atom is 0.250 e. The molecule has 0 radical (unpaired) electrons. The van der Waals surface area contributed by atoms with Gasteiger partial charge in [-0.3, -0.25) is 9.78 Å². The fourth-order valence-electron chi connectivity index (χ4n) is 1.57. The Balaban J connectivity index is 2.10. The van der Waals surface area contributed by atoms with Gasteiger partial charge in [-0.05, 0) is 25.1 Å². The van der Waals surface area contributed by atoms with Crippen LogP contribution >= 0.6 is 11.6 Å². The molecule has 0 bridgehead atoms. The van der Waals surface area contributed by atoms with E-state index in [4.69, 9.17) is 17.3 Å². The molecule has 0 aliphatic heterocycles. The normalized spacial score (nSPS) is 10.2. The van der Waals surface area contributed by atoms with Crippen LogP contribution in [0.3, 0.4) is 0 Å². The molecule has 2 aromatic rings. The van der Waals surface area contributed by atoms with E-state index in [1.54, 1.807) is 0 Å². The van der Waals surface area contributed by atoms with Crippen LogP contribution in [0.15, 0.2) is 30.5 Å². The van der Waals surface area contributed by atoms with Gasteiger partial charge < -0.3 is 11.1 Å². The number of nitrogens with zero attached hydrogens (tertiary/aromatic N) is 2. The van der Waals surface area contributed by atoms with Crippen LogP contribution < -0.4 is 11.1 Å². The second-order valence-corrected chi connectivity index (χ2v) is 4.45. The summed E-state index contributed by atoms with van der Waals surface area (Å²) in [6.07, 6.45) is 1.39. The van der Waals surface area contributed by atoms with Gasteiger partial charge in [0.15, 0.2) is 0 Å². The number of nitrogens with two attached hydrogens (primary N) is 1. The van der Waals surface area contributed by atoms with Crippen LogP contribution in [0.4, 0.5) is 5.82 Å². The van der Waals surface area contributed by atoms with Gasteiger partial charge in [0.2, 0.25) is 5.91 Å². The minimum atomic E-state index is -0.554. The molecule has 3 N–H and O–H groups in total. The molecule has 0 aliphatic carbocycles. The van der Waals surface area contributed by atoms with Crippen molar-refractivity contribution in [2.75, 3.05) is 5.32 Å². The molecule has 2 heterocycles. The van der Waals surface area contributed by atoms with Crippen molar-refractivity contribution in [3.05, 3.63) is 52.4 Å². The number of anilines is 1. The minimum Gasteiger partial charge on any atom is -0.366 e. The largest absolute Gasteiger partial charge is 0.366 e. The first kappa shape index (κ1) is 13.3. The first-order valence-electron chi connectivity index (χ1n) is 5.68. The van der Waals surface area contributed by atoms with E-state index in [1.165, 1.54) is 12.3 Å². The Morgan fingerprint density at radius 2 is 2.26 bits per heavy atom. The van der Waals surface area contributed by atoms with Crippen LogP contribution in [0.2, 0.25) is 5.02 Å². The van der Waals surface area contributed by atoms with Gasteiger partial charge in [0.05, 0.1) is 22.8 Å². The lowest BCUT2D eigenvalue weighted by atomic mass is 10.2. The summed E-state index contributed by atoms with van der Waals surface area (Å²) in [6, 6.07) is 7.26. The molecule has 0 unspecified atom stereocenters. The molecule has 2 rings (SSSR count). The van der Waals surface area contributed by atoms with E-state index in [-0.39, 0.29) is 5.56 Å². The van der Waals surface area contributed by atoms with E-state index in [9.17, 15) is 4.79 Å². The molecule has 5 nitrogen and oxygen atoms in total. The summed E-state index contributed by atoms with van der Waals surface area (Å²) >= 11 is 6.02. The van der Waals surface area contributed by atoms with Crippen LogP contribution in [-0.4, -0.2) is 15.9 Å².